The average molecular weight is 1010 g/mol. The lowest BCUT2D eigenvalue weighted by Gasteiger charge is -2.39. The van der Waals surface area contributed by atoms with Gasteiger partial charge >= 0.3 is 5.97 Å². The molecule has 0 amide bonds. The van der Waals surface area contributed by atoms with Crippen molar-refractivity contribution in [2.24, 2.45) is 0 Å². The number of unbranched alkanes of at least 4 members (excludes halogenated alkanes) is 29. The van der Waals surface area contributed by atoms with E-state index in [9.17, 15) is 25.2 Å². The Morgan fingerprint density at radius 2 is 0.806 bits per heavy atom. The molecule has 0 aromatic heterocycles. The molecule has 0 aromatic carbocycles. The van der Waals surface area contributed by atoms with Crippen molar-refractivity contribution in [3.63, 3.8) is 0 Å². The summed E-state index contributed by atoms with van der Waals surface area (Å²) >= 11 is 0. The van der Waals surface area contributed by atoms with Crippen molar-refractivity contribution in [3.05, 3.63) is 72.9 Å². The van der Waals surface area contributed by atoms with Gasteiger partial charge in [-0.25, -0.2) is 0 Å². The lowest BCUT2D eigenvalue weighted by molar-refractivity contribution is -0.305. The minimum atomic E-state index is -1.54. The largest absolute Gasteiger partial charge is 0.457 e. The third kappa shape index (κ3) is 42.9. The number of aliphatic hydroxyl groups is 4. The summed E-state index contributed by atoms with van der Waals surface area (Å²) in [6.07, 6.45) is 65.2. The van der Waals surface area contributed by atoms with E-state index in [1.165, 1.54) is 173 Å². The minimum absolute atomic E-state index is 0.120. The molecule has 1 saturated heterocycles. The number of carbonyl (C=O) groups excluding carboxylic acids is 1. The van der Waals surface area contributed by atoms with Crippen molar-refractivity contribution < 1.29 is 44.2 Å². The van der Waals surface area contributed by atoms with Crippen LogP contribution in [0.25, 0.3) is 0 Å². The predicted molar refractivity (Wildman–Crippen MR) is 302 cm³/mol. The number of esters is 1. The van der Waals surface area contributed by atoms with Crippen LogP contribution in [0.1, 0.15) is 258 Å². The van der Waals surface area contributed by atoms with E-state index in [0.29, 0.717) is 13.0 Å². The monoisotopic (exact) mass is 1010 g/mol. The molecule has 0 aliphatic carbocycles. The van der Waals surface area contributed by atoms with Crippen molar-refractivity contribution >= 4 is 5.97 Å². The highest BCUT2D eigenvalue weighted by Gasteiger charge is 2.44. The van der Waals surface area contributed by atoms with Crippen molar-refractivity contribution in [1.29, 1.82) is 0 Å². The fourth-order valence-electron chi connectivity index (χ4n) is 8.92. The average Bonchev–Trinajstić information content (AvgIpc) is 3.38. The molecule has 9 heteroatoms. The molecule has 1 rings (SSSR count). The molecule has 0 aromatic rings. The molecule has 9 nitrogen and oxygen atoms in total. The van der Waals surface area contributed by atoms with Crippen LogP contribution in [0.5, 0.6) is 0 Å². The van der Waals surface area contributed by atoms with Gasteiger partial charge in [-0.2, -0.15) is 0 Å². The van der Waals surface area contributed by atoms with Gasteiger partial charge in [0.1, 0.15) is 30.5 Å². The Labute approximate surface area is 442 Å². The SMILES string of the molecule is CCCCCCC/C=C\C/C=C\C/C=C\CCCCCCCCCCCCCOCC(COC1OC(CO)C(O)C(O)C1O)OC(=O)CCCCCCCCCC/C=C\C/C=C\C/C=C\CCCCCCC. The summed E-state index contributed by atoms with van der Waals surface area (Å²) in [4.78, 5) is 12.9. The highest BCUT2D eigenvalue weighted by molar-refractivity contribution is 5.69. The van der Waals surface area contributed by atoms with Gasteiger partial charge in [-0.1, -0.05) is 234 Å². The zero-order chi connectivity index (χ0) is 52.1. The quantitative estimate of drug-likeness (QED) is 0.0267. The second kappa shape index (κ2) is 53.5. The molecule has 1 fully saturated rings. The first kappa shape index (κ1) is 67.6. The summed E-state index contributed by atoms with van der Waals surface area (Å²) < 4.78 is 23.0. The van der Waals surface area contributed by atoms with E-state index in [2.05, 4.69) is 86.8 Å². The summed E-state index contributed by atoms with van der Waals surface area (Å²) in [7, 11) is 0. The lowest BCUT2D eigenvalue weighted by Crippen LogP contribution is -2.59. The molecule has 1 aliphatic rings. The maximum absolute atomic E-state index is 12.9. The van der Waals surface area contributed by atoms with Gasteiger partial charge in [-0.15, -0.1) is 0 Å². The van der Waals surface area contributed by atoms with Crippen LogP contribution >= 0.6 is 0 Å². The van der Waals surface area contributed by atoms with E-state index >= 15 is 0 Å². The second-order valence-electron chi connectivity index (χ2n) is 20.4. The summed E-state index contributed by atoms with van der Waals surface area (Å²) in [6, 6.07) is 0. The zero-order valence-electron chi connectivity index (χ0n) is 46.4. The van der Waals surface area contributed by atoms with E-state index in [1.807, 2.05) is 0 Å². The standard InChI is InChI=1S/C63H112O9/c1-3-5-7-9-11-13-15-17-19-21-23-25-27-28-29-31-33-35-37-39-41-43-45-47-49-51-53-69-55-57(56-70-63-62(68)61(67)60(66)58(54-64)72-63)71-59(65)52-50-48-46-44-42-40-38-36-34-32-30-26-24-22-20-18-16-14-12-10-8-6-4-2/h15-18,21-24,27-28,30,32,57-58,60-64,66-68H,3-14,19-20,25-26,29,31,33-56H2,1-2H3/b17-15-,18-16-,23-21-,24-22-,28-27-,32-30-. The number of hydrogen-bond acceptors (Lipinski definition) is 9. The van der Waals surface area contributed by atoms with E-state index in [4.69, 9.17) is 18.9 Å². The molecule has 1 heterocycles. The maximum Gasteiger partial charge on any atom is 0.306 e. The van der Waals surface area contributed by atoms with Gasteiger partial charge in [-0.3, -0.25) is 4.79 Å². The highest BCUT2D eigenvalue weighted by Crippen LogP contribution is 2.23. The van der Waals surface area contributed by atoms with Crippen molar-refractivity contribution in [3.8, 4) is 0 Å². The summed E-state index contributed by atoms with van der Waals surface area (Å²) in [5.41, 5.74) is 0. The Balaban J connectivity index is 2.16. The Morgan fingerprint density at radius 1 is 0.444 bits per heavy atom. The topological polar surface area (TPSA) is 135 Å². The second-order valence-corrected chi connectivity index (χ2v) is 20.4. The Hall–Kier alpha value is -2.37. The molecule has 418 valence electrons. The van der Waals surface area contributed by atoms with Gasteiger partial charge in [0.15, 0.2) is 6.29 Å². The number of hydrogen-bond donors (Lipinski definition) is 4. The molecule has 0 bridgehead atoms. The van der Waals surface area contributed by atoms with E-state index in [1.54, 1.807) is 0 Å². The molecule has 4 N–H and O–H groups in total. The first-order valence-electron chi connectivity index (χ1n) is 30.0. The number of carbonyl (C=O) groups is 1. The van der Waals surface area contributed by atoms with Crippen molar-refractivity contribution in [2.75, 3.05) is 26.4 Å². The zero-order valence-corrected chi connectivity index (χ0v) is 46.4. The molecule has 1 aliphatic heterocycles. The lowest BCUT2D eigenvalue weighted by atomic mass is 9.99. The Bertz CT molecular complexity index is 1340. The molecule has 0 saturated carbocycles. The van der Waals surface area contributed by atoms with Crippen LogP contribution in [-0.2, 0) is 23.7 Å². The van der Waals surface area contributed by atoms with Crippen LogP contribution < -0.4 is 0 Å². The Morgan fingerprint density at radius 3 is 1.21 bits per heavy atom. The third-order valence-corrected chi connectivity index (χ3v) is 13.6. The van der Waals surface area contributed by atoms with Gasteiger partial charge in [0.25, 0.3) is 0 Å². The number of allylic oxidation sites excluding steroid dienone is 12. The number of ether oxygens (including phenoxy) is 4. The van der Waals surface area contributed by atoms with Crippen LogP contribution in [0.2, 0.25) is 0 Å². The third-order valence-electron chi connectivity index (χ3n) is 13.6. The summed E-state index contributed by atoms with van der Waals surface area (Å²) in [5.74, 6) is -0.321. The van der Waals surface area contributed by atoms with Crippen molar-refractivity contribution in [2.45, 2.75) is 295 Å². The summed E-state index contributed by atoms with van der Waals surface area (Å²) in [6.45, 7) is 4.54. The van der Waals surface area contributed by atoms with Crippen LogP contribution in [0.3, 0.4) is 0 Å². The van der Waals surface area contributed by atoms with E-state index < -0.39 is 43.4 Å². The van der Waals surface area contributed by atoms with Gasteiger partial charge in [0, 0.05) is 13.0 Å². The number of aliphatic hydroxyl groups excluding tert-OH is 4. The minimum Gasteiger partial charge on any atom is -0.457 e. The highest BCUT2D eigenvalue weighted by atomic mass is 16.7. The van der Waals surface area contributed by atoms with E-state index in [0.717, 1.165) is 64.2 Å². The molecule has 72 heavy (non-hydrogen) atoms. The fourth-order valence-corrected chi connectivity index (χ4v) is 8.92. The predicted octanol–water partition coefficient (Wildman–Crippen LogP) is 15.9. The van der Waals surface area contributed by atoms with Gasteiger partial charge in [0.05, 0.1) is 19.8 Å². The molecule has 0 spiro atoms. The van der Waals surface area contributed by atoms with Gasteiger partial charge in [-0.05, 0) is 89.9 Å². The van der Waals surface area contributed by atoms with E-state index in [-0.39, 0.29) is 19.2 Å². The first-order valence-corrected chi connectivity index (χ1v) is 30.0. The molecular formula is C63H112O9. The number of rotatable bonds is 52. The first-order chi connectivity index (χ1) is 35.4. The maximum atomic E-state index is 12.9. The van der Waals surface area contributed by atoms with Crippen LogP contribution in [0, 0.1) is 0 Å². The van der Waals surface area contributed by atoms with Crippen LogP contribution in [0.4, 0.5) is 0 Å². The molecule has 6 unspecified atom stereocenters. The fraction of sp³-hybridized carbons (Fsp3) is 0.794. The molecule has 0 radical (unpaired) electrons. The summed E-state index contributed by atoms with van der Waals surface area (Å²) in [5, 5.41) is 40.4. The van der Waals surface area contributed by atoms with Gasteiger partial charge < -0.3 is 39.4 Å². The Kier molecular flexibility index (Phi) is 50.2. The smallest absolute Gasteiger partial charge is 0.306 e. The molecule has 6 atom stereocenters. The molecular weight excluding hydrogens is 901 g/mol. The normalized spacial score (nSPS) is 19.2. The van der Waals surface area contributed by atoms with Gasteiger partial charge in [0.2, 0.25) is 0 Å². The van der Waals surface area contributed by atoms with Crippen LogP contribution in [-0.4, -0.2) is 89.6 Å². The van der Waals surface area contributed by atoms with Crippen LogP contribution in [0.15, 0.2) is 72.9 Å². The van der Waals surface area contributed by atoms with Crippen molar-refractivity contribution in [1.82, 2.24) is 0 Å².